The van der Waals surface area contributed by atoms with Gasteiger partial charge in [-0.1, -0.05) is 30.7 Å². The third-order valence-electron chi connectivity index (χ3n) is 3.95. The van der Waals surface area contributed by atoms with Crippen LogP contribution in [0.4, 0.5) is 0 Å². The maximum absolute atomic E-state index is 12.0. The average Bonchev–Trinajstić information content (AvgIpc) is 2.97. The van der Waals surface area contributed by atoms with Crippen molar-refractivity contribution in [2.24, 2.45) is 0 Å². The van der Waals surface area contributed by atoms with Crippen LogP contribution in [0.15, 0.2) is 45.7 Å². The van der Waals surface area contributed by atoms with Crippen molar-refractivity contribution in [3.05, 3.63) is 59.0 Å². The molecular formula is C19H19NO3S. The molecule has 0 fully saturated rings. The third-order valence-corrected chi connectivity index (χ3v) is 5.69. The number of sulfone groups is 1. The lowest BCUT2D eigenvalue weighted by Gasteiger charge is -2.00. The Morgan fingerprint density at radius 2 is 1.88 bits per heavy atom. The van der Waals surface area contributed by atoms with Gasteiger partial charge in [-0.05, 0) is 49.2 Å². The normalized spacial score (nSPS) is 12.3. The average molecular weight is 341 g/mol. The van der Waals surface area contributed by atoms with Crippen LogP contribution in [0.5, 0.6) is 0 Å². The highest BCUT2D eigenvalue weighted by Crippen LogP contribution is 2.22. The van der Waals surface area contributed by atoms with Gasteiger partial charge in [-0.15, -0.1) is 0 Å². The molecule has 1 heterocycles. The Hall–Kier alpha value is -2.40. The Bertz CT molecular complexity index is 1030. The molecule has 0 spiro atoms. The van der Waals surface area contributed by atoms with Gasteiger partial charge in [-0.25, -0.2) is 13.4 Å². The highest BCUT2D eigenvalue weighted by molar-refractivity contribution is 7.91. The second-order valence-corrected chi connectivity index (χ2v) is 8.06. The minimum atomic E-state index is -3.25. The van der Waals surface area contributed by atoms with E-state index in [2.05, 4.69) is 23.2 Å². The first kappa shape index (κ1) is 16.5. The summed E-state index contributed by atoms with van der Waals surface area (Å²) in [6.45, 7) is 5.72. The number of benzene rings is 2. The quantitative estimate of drug-likeness (QED) is 0.705. The summed E-state index contributed by atoms with van der Waals surface area (Å²) in [4.78, 5) is 4.64. The summed E-state index contributed by atoms with van der Waals surface area (Å²) in [5.74, 6) is 0.521. The van der Waals surface area contributed by atoms with E-state index in [1.807, 2.05) is 19.9 Å². The Kier molecular flexibility index (Phi) is 4.28. The van der Waals surface area contributed by atoms with Crippen LogP contribution in [0, 0.1) is 13.8 Å². The first-order valence-corrected chi connectivity index (χ1v) is 9.43. The highest BCUT2D eigenvalue weighted by Gasteiger charge is 2.14. The smallest absolute Gasteiger partial charge is 0.220 e. The molecule has 3 rings (SSSR count). The summed E-state index contributed by atoms with van der Waals surface area (Å²) in [5, 5.41) is 0. The molecular weight excluding hydrogens is 322 g/mol. The Morgan fingerprint density at radius 3 is 2.62 bits per heavy atom. The van der Waals surface area contributed by atoms with E-state index >= 15 is 0 Å². The number of aryl methyl sites for hydroxylation is 2. The van der Waals surface area contributed by atoms with Crippen molar-refractivity contribution in [1.82, 2.24) is 4.98 Å². The van der Waals surface area contributed by atoms with E-state index in [0.29, 0.717) is 17.0 Å². The Morgan fingerprint density at radius 1 is 1.08 bits per heavy atom. The molecule has 0 aliphatic carbocycles. The number of fused-ring (bicyclic) bond motifs is 1. The fourth-order valence-electron chi connectivity index (χ4n) is 2.46. The molecule has 24 heavy (non-hydrogen) atoms. The SMILES string of the molecule is CCS(=O)(=O)c1ccc2oc(/C=C/c3cc(C)ccc3C)nc2c1. The summed E-state index contributed by atoms with van der Waals surface area (Å²) in [5.41, 5.74) is 4.58. The highest BCUT2D eigenvalue weighted by atomic mass is 32.2. The molecule has 0 aliphatic rings. The predicted octanol–water partition coefficient (Wildman–Crippen LogP) is 4.41. The van der Waals surface area contributed by atoms with Crippen LogP contribution in [0.1, 0.15) is 29.5 Å². The summed E-state index contributed by atoms with van der Waals surface area (Å²) in [7, 11) is -3.25. The first-order chi connectivity index (χ1) is 11.4. The molecule has 0 N–H and O–H groups in total. The van der Waals surface area contributed by atoms with Crippen LogP contribution >= 0.6 is 0 Å². The third kappa shape index (κ3) is 3.26. The second-order valence-electron chi connectivity index (χ2n) is 5.78. The predicted molar refractivity (Wildman–Crippen MR) is 96.6 cm³/mol. The van der Waals surface area contributed by atoms with Crippen LogP contribution in [0.3, 0.4) is 0 Å². The van der Waals surface area contributed by atoms with E-state index in [1.54, 1.807) is 31.2 Å². The lowest BCUT2D eigenvalue weighted by atomic mass is 10.1. The standard InChI is InChI=1S/C19H19NO3S/c1-4-24(21,22)16-8-9-18-17(12-16)20-19(23-18)10-7-15-11-13(2)5-6-14(15)3/h5-12H,4H2,1-3H3/b10-7+. The molecule has 0 saturated heterocycles. The molecule has 124 valence electrons. The summed E-state index contributed by atoms with van der Waals surface area (Å²) < 4.78 is 29.6. The fraction of sp³-hybridized carbons (Fsp3) is 0.211. The summed E-state index contributed by atoms with van der Waals surface area (Å²) >= 11 is 0. The zero-order valence-electron chi connectivity index (χ0n) is 13.9. The van der Waals surface area contributed by atoms with Crippen LogP contribution in [-0.2, 0) is 9.84 Å². The Balaban J connectivity index is 1.96. The minimum Gasteiger partial charge on any atom is -0.437 e. The van der Waals surface area contributed by atoms with Crippen molar-refractivity contribution in [2.45, 2.75) is 25.7 Å². The van der Waals surface area contributed by atoms with Gasteiger partial charge < -0.3 is 4.42 Å². The van der Waals surface area contributed by atoms with Gasteiger partial charge in [0.05, 0.1) is 10.6 Å². The maximum Gasteiger partial charge on any atom is 0.220 e. The van der Waals surface area contributed by atoms with Crippen LogP contribution in [0.25, 0.3) is 23.3 Å². The van der Waals surface area contributed by atoms with Gasteiger partial charge >= 0.3 is 0 Å². The molecule has 0 unspecified atom stereocenters. The lowest BCUT2D eigenvalue weighted by molar-refractivity contribution is 0.589. The second kappa shape index (κ2) is 6.24. The van der Waals surface area contributed by atoms with E-state index in [1.165, 1.54) is 11.1 Å². The van der Waals surface area contributed by atoms with Crippen molar-refractivity contribution in [3.63, 3.8) is 0 Å². The molecule has 0 atom stereocenters. The van der Waals surface area contributed by atoms with Gasteiger partial charge in [0.1, 0.15) is 5.52 Å². The summed E-state index contributed by atoms with van der Waals surface area (Å²) in [6, 6.07) is 11.0. The van der Waals surface area contributed by atoms with Crippen molar-refractivity contribution in [3.8, 4) is 0 Å². The van der Waals surface area contributed by atoms with E-state index in [4.69, 9.17) is 4.42 Å². The molecule has 3 aromatic rings. The van der Waals surface area contributed by atoms with Gasteiger partial charge in [0.15, 0.2) is 15.4 Å². The lowest BCUT2D eigenvalue weighted by Crippen LogP contribution is -2.03. The molecule has 0 aliphatic heterocycles. The molecule has 0 radical (unpaired) electrons. The van der Waals surface area contributed by atoms with Crippen molar-refractivity contribution in [2.75, 3.05) is 5.75 Å². The number of nitrogens with zero attached hydrogens (tertiary/aromatic N) is 1. The zero-order valence-corrected chi connectivity index (χ0v) is 14.7. The number of hydrogen-bond acceptors (Lipinski definition) is 4. The van der Waals surface area contributed by atoms with Crippen molar-refractivity contribution in [1.29, 1.82) is 0 Å². The molecule has 0 amide bonds. The van der Waals surface area contributed by atoms with Crippen molar-refractivity contribution >= 4 is 33.1 Å². The fourth-order valence-corrected chi connectivity index (χ4v) is 3.36. The number of rotatable bonds is 4. The first-order valence-electron chi connectivity index (χ1n) is 7.78. The van der Waals surface area contributed by atoms with Gasteiger partial charge in [0.2, 0.25) is 5.89 Å². The molecule has 5 heteroatoms. The number of aromatic nitrogens is 1. The Labute approximate surface area is 141 Å². The molecule has 0 bridgehead atoms. The zero-order chi connectivity index (χ0) is 17.3. The monoisotopic (exact) mass is 341 g/mol. The minimum absolute atomic E-state index is 0.0652. The molecule has 0 saturated carbocycles. The van der Waals surface area contributed by atoms with Gasteiger partial charge in [0, 0.05) is 6.08 Å². The number of oxazole rings is 1. The topological polar surface area (TPSA) is 60.2 Å². The summed E-state index contributed by atoms with van der Waals surface area (Å²) in [6.07, 6.45) is 3.76. The van der Waals surface area contributed by atoms with Gasteiger partial charge in [-0.2, -0.15) is 0 Å². The van der Waals surface area contributed by atoms with Crippen LogP contribution in [-0.4, -0.2) is 19.2 Å². The molecule has 2 aromatic carbocycles. The van der Waals surface area contributed by atoms with Gasteiger partial charge in [-0.3, -0.25) is 0 Å². The van der Waals surface area contributed by atoms with Gasteiger partial charge in [0.25, 0.3) is 0 Å². The van der Waals surface area contributed by atoms with E-state index < -0.39 is 9.84 Å². The maximum atomic E-state index is 12.0. The largest absolute Gasteiger partial charge is 0.437 e. The van der Waals surface area contributed by atoms with Crippen LogP contribution in [0.2, 0.25) is 0 Å². The molecule has 4 nitrogen and oxygen atoms in total. The van der Waals surface area contributed by atoms with E-state index in [9.17, 15) is 8.42 Å². The number of hydrogen-bond donors (Lipinski definition) is 0. The van der Waals surface area contributed by atoms with Crippen LogP contribution < -0.4 is 0 Å². The van der Waals surface area contributed by atoms with E-state index in [-0.39, 0.29) is 10.6 Å². The van der Waals surface area contributed by atoms with Crippen molar-refractivity contribution < 1.29 is 12.8 Å². The molecule has 1 aromatic heterocycles. The van der Waals surface area contributed by atoms with E-state index in [0.717, 1.165) is 5.56 Å².